The number of fused-ring (bicyclic) bond motifs is 8. The van der Waals surface area contributed by atoms with Crippen molar-refractivity contribution in [2.45, 2.75) is 0 Å². The van der Waals surface area contributed by atoms with Crippen molar-refractivity contribution >= 4 is 68.2 Å². The van der Waals surface area contributed by atoms with Crippen LogP contribution in [0.15, 0.2) is 176 Å². The minimum Gasteiger partial charge on any atom is -0.309 e. The lowest BCUT2D eigenvalue weighted by atomic mass is 9.95. The summed E-state index contributed by atoms with van der Waals surface area (Å²) in [6, 6.07) is 62.9. The highest BCUT2D eigenvalue weighted by Crippen LogP contribution is 2.54. The molecule has 2 aliphatic rings. The second-order valence-corrected chi connectivity index (χ2v) is 18.3. The summed E-state index contributed by atoms with van der Waals surface area (Å²) >= 11 is 0. The minimum absolute atomic E-state index is 0.871. The molecule has 7 aromatic carbocycles. The molecule has 1 unspecified atom stereocenters. The zero-order valence-electron chi connectivity index (χ0n) is 24.6. The Labute approximate surface area is 264 Å². The molecule has 45 heavy (non-hydrogen) atoms. The average Bonchev–Trinajstić information content (AvgIpc) is 3.38. The molecule has 0 aliphatic carbocycles. The molecule has 0 amide bonds. The lowest BCUT2D eigenvalue weighted by Gasteiger charge is -2.35. The Morgan fingerprint density at radius 1 is 0.444 bits per heavy atom. The lowest BCUT2D eigenvalue weighted by Crippen LogP contribution is -2.67. The Hall–Kier alpha value is -5.01. The topological polar surface area (TPSA) is 17.1 Å². The molecule has 0 spiro atoms. The summed E-state index contributed by atoms with van der Waals surface area (Å²) in [6.45, 7) is 0. The van der Waals surface area contributed by atoms with E-state index >= 15 is 4.57 Å². The zero-order chi connectivity index (χ0) is 30.0. The molecule has 0 N–H and O–H groups in total. The maximum absolute atomic E-state index is 16.5. The number of hydrogen-bond acceptors (Lipinski definition) is 1. The molecule has 9 rings (SSSR count). The van der Waals surface area contributed by atoms with Crippen molar-refractivity contribution in [3.63, 3.8) is 0 Å². The highest BCUT2D eigenvalue weighted by molar-refractivity contribution is 7.86. The summed E-state index contributed by atoms with van der Waals surface area (Å²) in [4.78, 5) is 0. The molecule has 3 heteroatoms. The van der Waals surface area contributed by atoms with Crippen LogP contribution in [0.2, 0.25) is 0 Å². The maximum Gasteiger partial charge on any atom is 0.181 e. The van der Waals surface area contributed by atoms with Crippen LogP contribution in [0, 0.1) is 0 Å². The fourth-order valence-corrected chi connectivity index (χ4v) is 16.8. The summed E-state index contributed by atoms with van der Waals surface area (Å²) < 4.78 is 16.5. The molecule has 0 bridgehead atoms. The highest BCUT2D eigenvalue weighted by atomic mass is 31.2. The quantitative estimate of drug-likeness (QED) is 0.160. The molecule has 212 valence electrons. The third kappa shape index (κ3) is 3.53. The fraction of sp³-hybridized carbons (Fsp3) is 0. The van der Waals surface area contributed by atoms with E-state index in [1.54, 1.807) is 0 Å². The molecule has 0 saturated heterocycles. The fourth-order valence-electron chi connectivity index (χ4n) is 8.03. The average molecular weight is 609 g/mol. The van der Waals surface area contributed by atoms with Crippen LogP contribution in [-0.4, -0.2) is 8.07 Å². The lowest BCUT2D eigenvalue weighted by molar-refractivity contribution is 0.592. The van der Waals surface area contributed by atoms with E-state index in [1.165, 1.54) is 31.9 Å². The van der Waals surface area contributed by atoms with Gasteiger partial charge >= 0.3 is 0 Å². The van der Waals surface area contributed by atoms with Crippen LogP contribution in [0.3, 0.4) is 0 Å². The molecule has 7 aromatic rings. The zero-order valence-corrected chi connectivity index (χ0v) is 26.5. The van der Waals surface area contributed by atoms with Gasteiger partial charge in [-0.1, -0.05) is 176 Å². The summed E-state index contributed by atoms with van der Waals surface area (Å²) in [5.41, 5.74) is 4.67. The first-order valence-corrected chi connectivity index (χ1v) is 19.2. The number of rotatable bonds is 3. The van der Waals surface area contributed by atoms with Crippen molar-refractivity contribution in [3.05, 3.63) is 193 Å². The molecule has 2 aliphatic heterocycles. The second kappa shape index (κ2) is 10.0. The highest BCUT2D eigenvalue weighted by Gasteiger charge is 2.54. The Bertz CT molecular complexity index is 2300. The Balaban J connectivity index is 1.58. The molecular formula is C42H29OPSi. The van der Waals surface area contributed by atoms with Gasteiger partial charge in [0.15, 0.2) is 15.2 Å². The van der Waals surface area contributed by atoms with Gasteiger partial charge in [-0.15, -0.1) is 0 Å². The second-order valence-electron chi connectivity index (χ2n) is 11.9. The van der Waals surface area contributed by atoms with Crippen molar-refractivity contribution in [2.24, 2.45) is 0 Å². The van der Waals surface area contributed by atoms with E-state index in [4.69, 9.17) is 0 Å². The van der Waals surface area contributed by atoms with Crippen molar-refractivity contribution in [1.29, 1.82) is 0 Å². The van der Waals surface area contributed by atoms with E-state index in [0.29, 0.717) is 0 Å². The Morgan fingerprint density at radius 3 is 1.71 bits per heavy atom. The maximum atomic E-state index is 16.5. The monoisotopic (exact) mass is 608 g/mol. The van der Waals surface area contributed by atoms with Crippen LogP contribution < -0.4 is 31.5 Å². The molecule has 0 fully saturated rings. The van der Waals surface area contributed by atoms with Crippen LogP contribution in [-0.2, 0) is 4.57 Å². The molecule has 1 atom stereocenters. The predicted octanol–water partition coefficient (Wildman–Crippen LogP) is 6.77. The van der Waals surface area contributed by atoms with Gasteiger partial charge in [-0.05, 0) is 53.8 Å². The van der Waals surface area contributed by atoms with Crippen LogP contribution in [0.4, 0.5) is 0 Å². The third-order valence-corrected chi connectivity index (χ3v) is 17.9. The van der Waals surface area contributed by atoms with E-state index < -0.39 is 15.2 Å². The summed E-state index contributed by atoms with van der Waals surface area (Å²) in [7, 11) is -6.27. The predicted molar refractivity (Wildman–Crippen MR) is 193 cm³/mol. The molecule has 0 radical (unpaired) electrons. The first-order chi connectivity index (χ1) is 22.2. The van der Waals surface area contributed by atoms with Gasteiger partial charge in [0.2, 0.25) is 0 Å². The molecule has 0 saturated carbocycles. The Morgan fingerprint density at radius 2 is 1.00 bits per heavy atom. The van der Waals surface area contributed by atoms with Crippen molar-refractivity contribution < 1.29 is 4.57 Å². The van der Waals surface area contributed by atoms with Crippen molar-refractivity contribution in [2.75, 3.05) is 0 Å². The van der Waals surface area contributed by atoms with Gasteiger partial charge in [-0.3, -0.25) is 0 Å². The number of hydrogen-bond donors (Lipinski definition) is 0. The van der Waals surface area contributed by atoms with Crippen molar-refractivity contribution in [3.8, 4) is 0 Å². The number of benzene rings is 7. The third-order valence-electron chi connectivity index (χ3n) is 9.76. The van der Waals surface area contributed by atoms with Crippen LogP contribution in [0.5, 0.6) is 0 Å². The van der Waals surface area contributed by atoms with Gasteiger partial charge in [0.1, 0.15) is 0 Å². The normalized spacial score (nSPS) is 17.6. The van der Waals surface area contributed by atoms with Gasteiger partial charge in [0.25, 0.3) is 0 Å². The largest absolute Gasteiger partial charge is 0.309 e. The Kier molecular flexibility index (Phi) is 5.87. The van der Waals surface area contributed by atoms with E-state index in [2.05, 4.69) is 158 Å². The summed E-state index contributed by atoms with van der Waals surface area (Å²) in [6.07, 6.45) is 0. The molecule has 0 aromatic heterocycles. The van der Waals surface area contributed by atoms with Crippen LogP contribution in [0.1, 0.15) is 16.7 Å². The van der Waals surface area contributed by atoms with E-state index in [1.807, 2.05) is 18.2 Å². The van der Waals surface area contributed by atoms with Gasteiger partial charge in [-0.25, -0.2) is 0 Å². The van der Waals surface area contributed by atoms with E-state index in [-0.39, 0.29) is 0 Å². The van der Waals surface area contributed by atoms with Crippen LogP contribution >= 0.6 is 7.14 Å². The smallest absolute Gasteiger partial charge is 0.181 e. The summed E-state index contributed by atoms with van der Waals surface area (Å²) in [5, 5.41) is 10.3. The summed E-state index contributed by atoms with van der Waals surface area (Å²) in [5.74, 6) is 0. The van der Waals surface area contributed by atoms with Gasteiger partial charge < -0.3 is 4.57 Å². The first kappa shape index (κ1) is 26.4. The van der Waals surface area contributed by atoms with Crippen LogP contribution in [0.25, 0.3) is 21.5 Å². The molecule has 1 nitrogen and oxygen atoms in total. The standard InChI is InChI=1S/C42H29OPSi/c43-44(31-17-4-1-5-18-31)38-26-14-12-24-35(38)40-36-25-13-15-27-39(36)45(32-19-6-2-7-20-32,33-21-8-3-9-22-33)42(40)37-29-28-30-16-10-11-23-34(30)41(37)44/h1-29H. The van der Waals surface area contributed by atoms with E-state index in [0.717, 1.165) is 37.8 Å². The van der Waals surface area contributed by atoms with Crippen molar-refractivity contribution in [1.82, 2.24) is 0 Å². The minimum atomic E-state index is -3.36. The van der Waals surface area contributed by atoms with Gasteiger partial charge in [0, 0.05) is 15.9 Å². The molecule has 2 heterocycles. The SMILES string of the molecule is O=P1(c2ccccc2)c2ccccc2C2=C(c3ccc4ccccc4c31)[Si](c1ccccc1)(c1ccccc1)c1ccccc12. The van der Waals surface area contributed by atoms with Gasteiger partial charge in [0.05, 0.1) is 0 Å². The first-order valence-electron chi connectivity index (χ1n) is 15.5. The molecular weight excluding hydrogens is 580 g/mol. The van der Waals surface area contributed by atoms with E-state index in [9.17, 15) is 0 Å². The van der Waals surface area contributed by atoms with Gasteiger partial charge in [-0.2, -0.15) is 0 Å².